The minimum Gasteiger partial charge on any atom is -0.495 e. The van der Waals surface area contributed by atoms with Crippen molar-refractivity contribution in [3.63, 3.8) is 0 Å². The number of methoxy groups -OCH3 is 1. The molecule has 0 saturated heterocycles. The average Bonchev–Trinajstić information content (AvgIpc) is 3.10. The van der Waals surface area contributed by atoms with Gasteiger partial charge in [0.1, 0.15) is 16.5 Å². The first-order valence-electron chi connectivity index (χ1n) is 10.9. The zero-order valence-corrected chi connectivity index (χ0v) is 20.2. The quantitative estimate of drug-likeness (QED) is 0.550. The Labute approximate surface area is 198 Å². The number of rotatable bonds is 6. The minimum atomic E-state index is -4.03. The first kappa shape index (κ1) is 23.5. The highest BCUT2D eigenvalue weighted by Gasteiger charge is 2.29. The molecule has 178 valence electrons. The lowest BCUT2D eigenvalue weighted by molar-refractivity contribution is -0.116. The molecule has 0 fully saturated rings. The van der Waals surface area contributed by atoms with Gasteiger partial charge in [-0.15, -0.1) is 0 Å². The molecule has 4 rings (SSSR count). The Hall–Kier alpha value is -3.66. The molecular formula is C24H26N4O5S. The first-order valence-corrected chi connectivity index (χ1v) is 12.4. The van der Waals surface area contributed by atoms with Crippen LogP contribution < -0.4 is 14.8 Å². The molecule has 0 saturated carbocycles. The molecule has 1 aromatic heterocycles. The zero-order valence-electron chi connectivity index (χ0n) is 19.4. The number of ether oxygens (including phenoxy) is 1. The highest BCUT2D eigenvalue weighted by atomic mass is 32.2. The van der Waals surface area contributed by atoms with Crippen LogP contribution in [0.1, 0.15) is 41.4 Å². The molecule has 0 unspecified atom stereocenters. The van der Waals surface area contributed by atoms with E-state index in [2.05, 4.69) is 15.1 Å². The number of anilines is 2. The number of carbonyl (C=O) groups is 2. The fraction of sp³-hybridized carbons (Fsp3) is 0.292. The number of amides is 1. The Morgan fingerprint density at radius 3 is 2.56 bits per heavy atom. The van der Waals surface area contributed by atoms with E-state index in [1.165, 1.54) is 17.9 Å². The summed E-state index contributed by atoms with van der Waals surface area (Å²) in [7, 11) is -2.63. The van der Waals surface area contributed by atoms with Gasteiger partial charge < -0.3 is 10.1 Å². The molecule has 0 bridgehead atoms. The van der Waals surface area contributed by atoms with E-state index in [0.717, 1.165) is 11.1 Å². The number of benzene rings is 2. The van der Waals surface area contributed by atoms with Gasteiger partial charge in [0.05, 0.1) is 18.5 Å². The summed E-state index contributed by atoms with van der Waals surface area (Å²) in [5.74, 6) is -0.182. The summed E-state index contributed by atoms with van der Waals surface area (Å²) in [5.41, 5.74) is 3.85. The Balaban J connectivity index is 1.86. The molecule has 2 N–H and O–H groups in total. The van der Waals surface area contributed by atoms with Crippen molar-refractivity contribution in [1.29, 1.82) is 0 Å². The molecule has 34 heavy (non-hydrogen) atoms. The monoisotopic (exact) mass is 482 g/mol. The van der Waals surface area contributed by atoms with Gasteiger partial charge in [0, 0.05) is 18.4 Å². The second kappa shape index (κ2) is 8.94. The van der Waals surface area contributed by atoms with Crippen LogP contribution in [-0.2, 0) is 21.2 Å². The number of sulfonamides is 1. The van der Waals surface area contributed by atoms with Gasteiger partial charge in [-0.1, -0.05) is 30.7 Å². The molecular weight excluding hydrogens is 456 g/mol. The van der Waals surface area contributed by atoms with Crippen LogP contribution in [0.25, 0.3) is 11.1 Å². The number of carbonyl (C=O) groups excluding carboxylic acids is 2. The van der Waals surface area contributed by atoms with Gasteiger partial charge >= 0.3 is 0 Å². The highest BCUT2D eigenvalue weighted by molar-refractivity contribution is 7.92. The predicted molar refractivity (Wildman–Crippen MR) is 129 cm³/mol. The van der Waals surface area contributed by atoms with E-state index in [-0.39, 0.29) is 41.1 Å². The first-order chi connectivity index (χ1) is 16.1. The maximum absolute atomic E-state index is 13.4. The standard InChI is InChI=1S/C24H26N4O5S/c1-5-17-23(24-25-21(29)10-11-22(30)28(24)26-17)16-7-9-19(33-4)20(13-16)34(31,32)27-18-8-6-14(2)12-15(18)3/h6-9,12-13,27H,5,10-11H2,1-4H3,(H,25,29). The molecule has 1 amide bonds. The van der Waals surface area contributed by atoms with Crippen molar-refractivity contribution in [1.82, 2.24) is 9.78 Å². The summed E-state index contributed by atoms with van der Waals surface area (Å²) in [6.07, 6.45) is 0.587. The van der Waals surface area contributed by atoms with Crippen molar-refractivity contribution in [3.05, 3.63) is 53.2 Å². The third-order valence-corrected chi connectivity index (χ3v) is 7.11. The van der Waals surface area contributed by atoms with Crippen LogP contribution in [0.2, 0.25) is 0 Å². The molecule has 9 nitrogen and oxygen atoms in total. The third kappa shape index (κ3) is 4.28. The van der Waals surface area contributed by atoms with Gasteiger partial charge in [0.25, 0.3) is 10.0 Å². The Bertz CT molecular complexity index is 1410. The smallest absolute Gasteiger partial charge is 0.265 e. The number of hydrogen-bond acceptors (Lipinski definition) is 6. The van der Waals surface area contributed by atoms with Crippen molar-refractivity contribution in [2.24, 2.45) is 0 Å². The summed E-state index contributed by atoms with van der Waals surface area (Å²) in [4.78, 5) is 24.7. The van der Waals surface area contributed by atoms with Crippen LogP contribution in [0.3, 0.4) is 0 Å². The van der Waals surface area contributed by atoms with Gasteiger partial charge in [-0.2, -0.15) is 9.78 Å². The van der Waals surface area contributed by atoms with E-state index in [1.54, 1.807) is 18.2 Å². The Morgan fingerprint density at radius 1 is 1.12 bits per heavy atom. The van der Waals surface area contributed by atoms with Crippen LogP contribution >= 0.6 is 0 Å². The lowest BCUT2D eigenvalue weighted by Crippen LogP contribution is -2.15. The largest absolute Gasteiger partial charge is 0.495 e. The normalized spacial score (nSPS) is 13.8. The predicted octanol–water partition coefficient (Wildman–Crippen LogP) is 3.91. The molecule has 0 atom stereocenters. The molecule has 10 heteroatoms. The summed E-state index contributed by atoms with van der Waals surface area (Å²) < 4.78 is 36.0. The van der Waals surface area contributed by atoms with Crippen molar-refractivity contribution in [3.8, 4) is 16.9 Å². The Kier molecular flexibility index (Phi) is 6.18. The van der Waals surface area contributed by atoms with E-state index < -0.39 is 10.0 Å². The average molecular weight is 483 g/mol. The van der Waals surface area contributed by atoms with E-state index in [9.17, 15) is 18.0 Å². The highest BCUT2D eigenvalue weighted by Crippen LogP contribution is 2.38. The van der Waals surface area contributed by atoms with E-state index in [4.69, 9.17) is 4.74 Å². The Morgan fingerprint density at radius 2 is 1.88 bits per heavy atom. The third-order valence-electron chi connectivity index (χ3n) is 5.72. The van der Waals surface area contributed by atoms with Gasteiger partial charge in [-0.25, -0.2) is 8.42 Å². The minimum absolute atomic E-state index is 0.0468. The molecule has 1 aliphatic heterocycles. The number of aryl methyl sites for hydroxylation is 3. The van der Waals surface area contributed by atoms with E-state index in [0.29, 0.717) is 28.9 Å². The van der Waals surface area contributed by atoms with Crippen LogP contribution in [0, 0.1) is 13.8 Å². The maximum Gasteiger partial charge on any atom is 0.265 e. The number of fused-ring (bicyclic) bond motifs is 1. The topological polar surface area (TPSA) is 119 Å². The van der Waals surface area contributed by atoms with Crippen LogP contribution in [0.5, 0.6) is 5.75 Å². The number of nitrogens with one attached hydrogen (secondary N) is 2. The fourth-order valence-corrected chi connectivity index (χ4v) is 5.33. The van der Waals surface area contributed by atoms with Crippen LogP contribution in [0.15, 0.2) is 41.3 Å². The molecule has 1 aliphatic rings. The van der Waals surface area contributed by atoms with Crippen molar-refractivity contribution in [2.75, 3.05) is 17.1 Å². The maximum atomic E-state index is 13.4. The van der Waals surface area contributed by atoms with Crippen molar-refractivity contribution < 1.29 is 22.7 Å². The van der Waals surface area contributed by atoms with Gasteiger partial charge in [-0.05, 0) is 49.6 Å². The second-order valence-corrected chi connectivity index (χ2v) is 9.82. The number of hydrogen-bond donors (Lipinski definition) is 2. The SMILES string of the molecule is CCc1nn2c(c1-c1ccc(OC)c(S(=O)(=O)Nc3ccc(C)cc3C)c1)NC(=O)CCC2=O. The number of nitrogens with zero attached hydrogens (tertiary/aromatic N) is 2. The van der Waals surface area contributed by atoms with Gasteiger partial charge in [0.2, 0.25) is 11.8 Å². The fourth-order valence-electron chi connectivity index (χ4n) is 4.00. The lowest BCUT2D eigenvalue weighted by atomic mass is 10.0. The lowest BCUT2D eigenvalue weighted by Gasteiger charge is -2.15. The van der Waals surface area contributed by atoms with Gasteiger partial charge in [-0.3, -0.25) is 14.3 Å². The van der Waals surface area contributed by atoms with Crippen LogP contribution in [0.4, 0.5) is 11.5 Å². The molecule has 2 heterocycles. The van der Waals surface area contributed by atoms with E-state index >= 15 is 0 Å². The summed E-state index contributed by atoms with van der Waals surface area (Å²) in [5, 5.41) is 7.16. The summed E-state index contributed by atoms with van der Waals surface area (Å²) in [6.45, 7) is 5.64. The zero-order chi connectivity index (χ0) is 24.6. The second-order valence-electron chi connectivity index (χ2n) is 8.17. The van der Waals surface area contributed by atoms with Crippen LogP contribution in [-0.4, -0.2) is 37.1 Å². The molecule has 0 spiro atoms. The summed E-state index contributed by atoms with van der Waals surface area (Å²) >= 11 is 0. The molecule has 3 aromatic rings. The molecule has 2 aromatic carbocycles. The van der Waals surface area contributed by atoms with E-state index in [1.807, 2.05) is 32.9 Å². The molecule has 0 aliphatic carbocycles. The van der Waals surface area contributed by atoms with Crippen molar-refractivity contribution in [2.45, 2.75) is 44.9 Å². The number of aromatic nitrogens is 2. The van der Waals surface area contributed by atoms with Gasteiger partial charge in [0.15, 0.2) is 0 Å². The van der Waals surface area contributed by atoms with Crippen molar-refractivity contribution >= 4 is 33.3 Å². The summed E-state index contributed by atoms with van der Waals surface area (Å²) in [6, 6.07) is 10.1. The molecule has 0 radical (unpaired) electrons.